The number of carbonyl (C=O) groups is 1. The van der Waals surface area contributed by atoms with Crippen LogP contribution in [-0.2, 0) is 11.3 Å². The van der Waals surface area contributed by atoms with Gasteiger partial charge in [0.25, 0.3) is 0 Å². The van der Waals surface area contributed by atoms with Crippen LogP contribution in [0, 0.1) is 6.92 Å². The van der Waals surface area contributed by atoms with E-state index in [2.05, 4.69) is 15.9 Å². The quantitative estimate of drug-likeness (QED) is 0.774. The molecule has 2 rings (SSSR count). The predicted molar refractivity (Wildman–Crippen MR) is 79.3 cm³/mol. The van der Waals surface area contributed by atoms with Gasteiger partial charge in [-0.1, -0.05) is 52.3 Å². The van der Waals surface area contributed by atoms with Crippen molar-refractivity contribution in [2.24, 2.45) is 0 Å². The van der Waals surface area contributed by atoms with Gasteiger partial charge in [0.15, 0.2) is 5.78 Å². The summed E-state index contributed by atoms with van der Waals surface area (Å²) in [6.07, 6.45) is 0. The molecule has 19 heavy (non-hydrogen) atoms. The van der Waals surface area contributed by atoms with Crippen LogP contribution in [0.1, 0.15) is 21.5 Å². The molecule has 0 aliphatic carbocycles. The number of rotatable bonds is 5. The molecule has 0 N–H and O–H groups in total. The van der Waals surface area contributed by atoms with Gasteiger partial charge in [0.05, 0.1) is 6.61 Å². The summed E-state index contributed by atoms with van der Waals surface area (Å²) in [6.45, 7) is 2.49. The summed E-state index contributed by atoms with van der Waals surface area (Å²) in [6, 6.07) is 15.4. The van der Waals surface area contributed by atoms with E-state index in [0.29, 0.717) is 6.61 Å². The summed E-state index contributed by atoms with van der Waals surface area (Å²) < 4.78 is 6.50. The first-order chi connectivity index (χ1) is 9.16. The lowest BCUT2D eigenvalue weighted by Crippen LogP contribution is -2.10. The molecule has 0 amide bonds. The van der Waals surface area contributed by atoms with Crippen LogP contribution in [0.2, 0.25) is 0 Å². The third-order valence-electron chi connectivity index (χ3n) is 2.86. The summed E-state index contributed by atoms with van der Waals surface area (Å²) in [4.78, 5) is 12.0. The second-order valence-corrected chi connectivity index (χ2v) is 5.27. The first-order valence-electron chi connectivity index (χ1n) is 6.08. The first-order valence-corrected chi connectivity index (χ1v) is 6.87. The van der Waals surface area contributed by atoms with Crippen LogP contribution in [0.3, 0.4) is 0 Å². The lowest BCUT2D eigenvalue weighted by atomic mass is 10.1. The zero-order valence-corrected chi connectivity index (χ0v) is 12.3. The maximum Gasteiger partial charge on any atom is 0.188 e. The van der Waals surface area contributed by atoms with E-state index < -0.39 is 0 Å². The van der Waals surface area contributed by atoms with Crippen molar-refractivity contribution < 1.29 is 9.53 Å². The number of benzene rings is 2. The Labute approximate surface area is 121 Å². The van der Waals surface area contributed by atoms with Gasteiger partial charge in [0.1, 0.15) is 6.61 Å². The van der Waals surface area contributed by atoms with Crippen LogP contribution in [0.25, 0.3) is 0 Å². The number of hydrogen-bond donors (Lipinski definition) is 0. The Morgan fingerprint density at radius 1 is 1.11 bits per heavy atom. The highest BCUT2D eigenvalue weighted by Crippen LogP contribution is 2.12. The minimum atomic E-state index is 0.0233. The molecule has 98 valence electrons. The number of hydrogen-bond acceptors (Lipinski definition) is 2. The summed E-state index contributed by atoms with van der Waals surface area (Å²) in [5.41, 5.74) is 2.78. The van der Waals surface area contributed by atoms with Gasteiger partial charge in [-0.15, -0.1) is 0 Å². The number of Topliss-reactive ketones (excluding diaryl/α,β-unsaturated/α-hetero) is 1. The number of carbonyl (C=O) groups excluding carboxylic acids is 1. The third-order valence-corrected chi connectivity index (χ3v) is 3.39. The van der Waals surface area contributed by atoms with E-state index in [-0.39, 0.29) is 12.4 Å². The molecule has 0 aliphatic rings. The lowest BCUT2D eigenvalue weighted by molar-refractivity contribution is 0.0726. The normalized spacial score (nSPS) is 10.4. The summed E-state index contributed by atoms with van der Waals surface area (Å²) in [7, 11) is 0. The average Bonchev–Trinajstić information content (AvgIpc) is 2.41. The molecule has 3 heteroatoms. The standard InChI is InChI=1S/C16H15BrO2/c1-12-4-2-3-5-15(12)16(18)11-19-10-13-6-8-14(17)9-7-13/h2-9H,10-11H2,1H3. The molecule has 0 saturated heterocycles. The second kappa shape index (κ2) is 6.64. The number of ketones is 1. The van der Waals surface area contributed by atoms with E-state index in [1.807, 2.05) is 55.5 Å². The number of halogens is 1. The van der Waals surface area contributed by atoms with E-state index in [4.69, 9.17) is 4.74 Å². The van der Waals surface area contributed by atoms with Crippen molar-refractivity contribution in [3.63, 3.8) is 0 Å². The Kier molecular flexibility index (Phi) is 4.88. The van der Waals surface area contributed by atoms with Gasteiger partial charge >= 0.3 is 0 Å². The zero-order chi connectivity index (χ0) is 13.7. The highest BCUT2D eigenvalue weighted by atomic mass is 79.9. The van der Waals surface area contributed by atoms with Gasteiger partial charge in [0.2, 0.25) is 0 Å². The molecule has 0 saturated carbocycles. The Bertz CT molecular complexity index is 561. The average molecular weight is 319 g/mol. The minimum absolute atomic E-state index is 0.0233. The molecule has 0 unspecified atom stereocenters. The molecule has 0 radical (unpaired) electrons. The van der Waals surface area contributed by atoms with Crippen molar-refractivity contribution in [2.45, 2.75) is 13.5 Å². The molecule has 0 heterocycles. The maximum atomic E-state index is 12.0. The van der Waals surface area contributed by atoms with Gasteiger partial charge in [-0.3, -0.25) is 4.79 Å². The van der Waals surface area contributed by atoms with Crippen molar-refractivity contribution in [3.8, 4) is 0 Å². The SMILES string of the molecule is Cc1ccccc1C(=O)COCc1ccc(Br)cc1. The molecule has 0 bridgehead atoms. The van der Waals surface area contributed by atoms with E-state index in [1.54, 1.807) is 0 Å². The fraction of sp³-hybridized carbons (Fsp3) is 0.188. The van der Waals surface area contributed by atoms with E-state index in [9.17, 15) is 4.79 Å². The van der Waals surface area contributed by atoms with Gasteiger partial charge in [-0.25, -0.2) is 0 Å². The van der Waals surface area contributed by atoms with Crippen molar-refractivity contribution in [1.82, 2.24) is 0 Å². The van der Waals surface area contributed by atoms with E-state index >= 15 is 0 Å². The summed E-state index contributed by atoms with van der Waals surface area (Å²) in [5.74, 6) is 0.0233. The molecule has 0 aromatic heterocycles. The maximum absolute atomic E-state index is 12.0. The van der Waals surface area contributed by atoms with Crippen LogP contribution in [-0.4, -0.2) is 12.4 Å². The lowest BCUT2D eigenvalue weighted by Gasteiger charge is -2.06. The number of aryl methyl sites for hydroxylation is 1. The molecule has 2 aromatic rings. The molecule has 0 aliphatic heterocycles. The van der Waals surface area contributed by atoms with Crippen molar-refractivity contribution in [2.75, 3.05) is 6.61 Å². The van der Waals surface area contributed by atoms with Crippen molar-refractivity contribution in [3.05, 3.63) is 69.7 Å². The third kappa shape index (κ3) is 4.01. The second-order valence-electron chi connectivity index (χ2n) is 4.36. The molecule has 0 fully saturated rings. The van der Waals surface area contributed by atoms with Crippen molar-refractivity contribution >= 4 is 21.7 Å². The Balaban J connectivity index is 1.88. The number of ether oxygens (including phenoxy) is 1. The van der Waals surface area contributed by atoms with Crippen LogP contribution in [0.5, 0.6) is 0 Å². The van der Waals surface area contributed by atoms with Gasteiger partial charge in [0, 0.05) is 10.0 Å². The van der Waals surface area contributed by atoms with Gasteiger partial charge in [-0.2, -0.15) is 0 Å². The Hall–Kier alpha value is -1.45. The minimum Gasteiger partial charge on any atom is -0.369 e. The first kappa shape index (κ1) is 14.0. The molecular formula is C16H15BrO2. The molecule has 0 atom stereocenters. The predicted octanol–water partition coefficient (Wildman–Crippen LogP) is 4.16. The fourth-order valence-corrected chi connectivity index (χ4v) is 2.07. The summed E-state index contributed by atoms with van der Waals surface area (Å²) in [5, 5.41) is 0. The van der Waals surface area contributed by atoms with Gasteiger partial charge in [-0.05, 0) is 30.2 Å². The van der Waals surface area contributed by atoms with Crippen LogP contribution in [0.15, 0.2) is 53.0 Å². The zero-order valence-electron chi connectivity index (χ0n) is 10.7. The van der Waals surface area contributed by atoms with Crippen LogP contribution >= 0.6 is 15.9 Å². The monoisotopic (exact) mass is 318 g/mol. The van der Waals surface area contributed by atoms with Crippen LogP contribution < -0.4 is 0 Å². The topological polar surface area (TPSA) is 26.3 Å². The summed E-state index contributed by atoms with van der Waals surface area (Å²) >= 11 is 3.38. The smallest absolute Gasteiger partial charge is 0.188 e. The molecular weight excluding hydrogens is 304 g/mol. The Morgan fingerprint density at radius 2 is 1.79 bits per heavy atom. The van der Waals surface area contributed by atoms with E-state index in [1.165, 1.54) is 0 Å². The highest BCUT2D eigenvalue weighted by molar-refractivity contribution is 9.10. The molecule has 0 spiro atoms. The van der Waals surface area contributed by atoms with Gasteiger partial charge < -0.3 is 4.74 Å². The molecule has 2 nitrogen and oxygen atoms in total. The largest absolute Gasteiger partial charge is 0.369 e. The van der Waals surface area contributed by atoms with Crippen molar-refractivity contribution in [1.29, 1.82) is 0 Å². The Morgan fingerprint density at radius 3 is 2.47 bits per heavy atom. The highest BCUT2D eigenvalue weighted by Gasteiger charge is 2.08. The van der Waals surface area contributed by atoms with Crippen LogP contribution in [0.4, 0.5) is 0 Å². The van der Waals surface area contributed by atoms with E-state index in [0.717, 1.165) is 21.2 Å². The fourth-order valence-electron chi connectivity index (χ4n) is 1.81. The molecule has 2 aromatic carbocycles.